The van der Waals surface area contributed by atoms with Gasteiger partial charge < -0.3 is 10.2 Å². The number of amides is 2. The molecule has 0 aliphatic carbocycles. The third-order valence-electron chi connectivity index (χ3n) is 4.38. The Morgan fingerprint density at radius 1 is 0.964 bits per heavy atom. The summed E-state index contributed by atoms with van der Waals surface area (Å²) in [7, 11) is 0. The largest absolute Gasteiger partial charge is 0.354 e. The first-order valence-corrected chi connectivity index (χ1v) is 10.7. The first-order valence-electron chi connectivity index (χ1n) is 9.76. The van der Waals surface area contributed by atoms with Crippen LogP contribution < -0.4 is 5.32 Å². The lowest BCUT2D eigenvalue weighted by Gasteiger charge is -2.29. The predicted molar refractivity (Wildman–Crippen MR) is 116 cm³/mol. The minimum atomic E-state index is -0.506. The molecule has 0 spiro atoms. The van der Waals surface area contributed by atoms with Gasteiger partial charge in [-0.2, -0.15) is 0 Å². The molecule has 0 fully saturated rings. The molecule has 1 atom stereocenters. The molecule has 1 N–H and O–H groups in total. The molecule has 2 rings (SSSR count). The quantitative estimate of drug-likeness (QED) is 0.605. The summed E-state index contributed by atoms with van der Waals surface area (Å²) in [6, 6.07) is 19.4. The minimum absolute atomic E-state index is 0.000480. The van der Waals surface area contributed by atoms with Crippen molar-refractivity contribution in [3.63, 3.8) is 0 Å². The molecule has 4 nitrogen and oxygen atoms in total. The van der Waals surface area contributed by atoms with E-state index in [1.807, 2.05) is 60.7 Å². The first-order chi connectivity index (χ1) is 13.5. The zero-order valence-corrected chi connectivity index (χ0v) is 17.7. The lowest BCUT2D eigenvalue weighted by atomic mass is 10.1. The van der Waals surface area contributed by atoms with Gasteiger partial charge in [-0.25, -0.2) is 0 Å². The van der Waals surface area contributed by atoms with Crippen LogP contribution in [0.15, 0.2) is 65.6 Å². The molecule has 28 heavy (non-hydrogen) atoms. The highest BCUT2D eigenvalue weighted by Gasteiger charge is 2.25. The Labute approximate surface area is 172 Å². The van der Waals surface area contributed by atoms with Crippen LogP contribution in [0.25, 0.3) is 0 Å². The molecule has 0 radical (unpaired) electrons. The van der Waals surface area contributed by atoms with E-state index in [-0.39, 0.29) is 11.8 Å². The van der Waals surface area contributed by atoms with E-state index in [0.29, 0.717) is 31.2 Å². The van der Waals surface area contributed by atoms with Crippen LogP contribution in [-0.4, -0.2) is 35.1 Å². The monoisotopic (exact) mass is 398 g/mol. The highest BCUT2D eigenvalue weighted by molar-refractivity contribution is 7.99. The van der Waals surface area contributed by atoms with Gasteiger partial charge in [-0.1, -0.05) is 62.4 Å². The number of nitrogens with zero attached hydrogens (tertiary/aromatic N) is 1. The Balaban J connectivity index is 2.01. The van der Waals surface area contributed by atoms with E-state index in [2.05, 4.69) is 19.2 Å². The topological polar surface area (TPSA) is 49.4 Å². The van der Waals surface area contributed by atoms with Gasteiger partial charge in [0.05, 0.1) is 0 Å². The maximum atomic E-state index is 13.0. The van der Waals surface area contributed by atoms with Crippen LogP contribution in [0.4, 0.5) is 0 Å². The van der Waals surface area contributed by atoms with Gasteiger partial charge in [0.25, 0.3) is 0 Å². The second kappa shape index (κ2) is 11.5. The molecule has 0 saturated heterocycles. The Hall–Kier alpha value is -2.27. The summed E-state index contributed by atoms with van der Waals surface area (Å²) in [5, 5.41) is 2.95. The van der Waals surface area contributed by atoms with Crippen molar-refractivity contribution in [1.29, 1.82) is 0 Å². The van der Waals surface area contributed by atoms with Crippen LogP contribution in [0.5, 0.6) is 0 Å². The molecule has 0 saturated carbocycles. The fourth-order valence-electron chi connectivity index (χ4n) is 2.73. The van der Waals surface area contributed by atoms with E-state index in [0.717, 1.165) is 10.5 Å². The number of carbonyl (C=O) groups excluding carboxylic acids is 2. The summed E-state index contributed by atoms with van der Waals surface area (Å²) in [5.74, 6) is 0.957. The molecule has 0 aliphatic rings. The van der Waals surface area contributed by atoms with Crippen molar-refractivity contribution >= 4 is 23.6 Å². The predicted octanol–water partition coefficient (Wildman–Crippen LogP) is 4.36. The molecule has 0 unspecified atom stereocenters. The van der Waals surface area contributed by atoms with Crippen molar-refractivity contribution in [2.24, 2.45) is 5.92 Å². The van der Waals surface area contributed by atoms with Gasteiger partial charge >= 0.3 is 0 Å². The molecule has 0 heterocycles. The average molecular weight is 399 g/mol. The zero-order chi connectivity index (χ0) is 20.4. The molecule has 5 heteroatoms. The lowest BCUT2D eigenvalue weighted by Crippen LogP contribution is -2.48. The van der Waals surface area contributed by atoms with Crippen molar-refractivity contribution in [2.75, 3.05) is 12.3 Å². The van der Waals surface area contributed by atoms with Crippen LogP contribution in [0.3, 0.4) is 0 Å². The highest BCUT2D eigenvalue weighted by atomic mass is 32.2. The summed E-state index contributed by atoms with van der Waals surface area (Å²) in [5.41, 5.74) is 1.02. The summed E-state index contributed by atoms with van der Waals surface area (Å²) in [4.78, 5) is 28.4. The van der Waals surface area contributed by atoms with Crippen molar-refractivity contribution in [2.45, 2.75) is 44.7 Å². The van der Waals surface area contributed by atoms with Crippen LogP contribution >= 0.6 is 11.8 Å². The van der Waals surface area contributed by atoms with Crippen LogP contribution in [0.1, 0.15) is 32.8 Å². The SMILES string of the molecule is CC(C)CNC(=O)[C@H](C)N(Cc1ccccc1)C(=O)CCSc1ccccc1. The van der Waals surface area contributed by atoms with E-state index in [4.69, 9.17) is 0 Å². The molecule has 2 aromatic carbocycles. The standard InChI is InChI=1S/C23H30N2O2S/c1-18(2)16-24-23(27)19(3)25(17-20-10-6-4-7-11-20)22(26)14-15-28-21-12-8-5-9-13-21/h4-13,18-19H,14-17H2,1-3H3,(H,24,27)/t19-/m0/s1. The molecule has 0 aromatic heterocycles. The van der Waals surface area contributed by atoms with Crippen molar-refractivity contribution in [3.8, 4) is 0 Å². The maximum absolute atomic E-state index is 13.0. The Morgan fingerprint density at radius 3 is 2.18 bits per heavy atom. The number of carbonyl (C=O) groups is 2. The van der Waals surface area contributed by atoms with Gasteiger partial charge in [-0.3, -0.25) is 9.59 Å². The van der Waals surface area contributed by atoms with Crippen molar-refractivity contribution in [3.05, 3.63) is 66.2 Å². The van der Waals surface area contributed by atoms with E-state index in [1.54, 1.807) is 23.6 Å². The maximum Gasteiger partial charge on any atom is 0.242 e. The second-order valence-corrected chi connectivity index (χ2v) is 8.40. The molecule has 2 amide bonds. The van der Waals surface area contributed by atoms with Crippen molar-refractivity contribution in [1.82, 2.24) is 10.2 Å². The number of rotatable bonds is 10. The van der Waals surface area contributed by atoms with E-state index < -0.39 is 6.04 Å². The van der Waals surface area contributed by atoms with Gasteiger partial charge in [0.1, 0.15) is 6.04 Å². The van der Waals surface area contributed by atoms with Gasteiger partial charge in [0.2, 0.25) is 11.8 Å². The van der Waals surface area contributed by atoms with Gasteiger partial charge in [0.15, 0.2) is 0 Å². The summed E-state index contributed by atoms with van der Waals surface area (Å²) >= 11 is 1.66. The van der Waals surface area contributed by atoms with E-state index in [9.17, 15) is 9.59 Å². The van der Waals surface area contributed by atoms with Crippen LogP contribution in [-0.2, 0) is 16.1 Å². The third kappa shape index (κ3) is 7.39. The Morgan fingerprint density at radius 2 is 1.57 bits per heavy atom. The smallest absolute Gasteiger partial charge is 0.242 e. The summed E-state index contributed by atoms with van der Waals surface area (Å²) in [6.45, 7) is 6.96. The molecule has 0 bridgehead atoms. The average Bonchev–Trinajstić information content (AvgIpc) is 2.71. The number of thioether (sulfide) groups is 1. The molecular weight excluding hydrogens is 368 g/mol. The first kappa shape index (κ1) is 22.0. The lowest BCUT2D eigenvalue weighted by molar-refractivity contribution is -0.140. The van der Waals surface area contributed by atoms with Gasteiger partial charge in [0, 0.05) is 30.2 Å². The Bertz CT molecular complexity index is 735. The van der Waals surface area contributed by atoms with E-state index in [1.165, 1.54) is 0 Å². The van der Waals surface area contributed by atoms with Gasteiger partial charge in [-0.15, -0.1) is 11.8 Å². The fraction of sp³-hybridized carbons (Fsp3) is 0.391. The van der Waals surface area contributed by atoms with Crippen LogP contribution in [0.2, 0.25) is 0 Å². The number of hydrogen-bond donors (Lipinski definition) is 1. The van der Waals surface area contributed by atoms with E-state index >= 15 is 0 Å². The molecule has 0 aliphatic heterocycles. The Kier molecular flexibility index (Phi) is 9.08. The number of hydrogen-bond acceptors (Lipinski definition) is 3. The zero-order valence-electron chi connectivity index (χ0n) is 16.9. The molecule has 150 valence electrons. The van der Waals surface area contributed by atoms with Crippen molar-refractivity contribution < 1.29 is 9.59 Å². The minimum Gasteiger partial charge on any atom is -0.354 e. The third-order valence-corrected chi connectivity index (χ3v) is 5.39. The number of nitrogens with one attached hydrogen (secondary N) is 1. The van der Waals surface area contributed by atoms with Gasteiger partial charge in [-0.05, 0) is 30.5 Å². The summed E-state index contributed by atoms with van der Waals surface area (Å²) < 4.78 is 0. The normalized spacial score (nSPS) is 11.9. The number of benzene rings is 2. The second-order valence-electron chi connectivity index (χ2n) is 7.23. The van der Waals surface area contributed by atoms with Crippen LogP contribution in [0, 0.1) is 5.92 Å². The summed E-state index contributed by atoms with van der Waals surface area (Å²) in [6.07, 6.45) is 0.397. The highest BCUT2D eigenvalue weighted by Crippen LogP contribution is 2.19. The fourth-order valence-corrected chi connectivity index (χ4v) is 3.59. The molecular formula is C23H30N2O2S. The molecule has 2 aromatic rings.